The average Bonchev–Trinajstić information content (AvgIpc) is 3.16. The first-order valence-corrected chi connectivity index (χ1v) is 8.36. The lowest BCUT2D eigenvalue weighted by Crippen LogP contribution is -2.57. The van der Waals surface area contributed by atoms with E-state index in [2.05, 4.69) is 24.2 Å². The van der Waals surface area contributed by atoms with Crippen molar-refractivity contribution >= 4 is 0 Å². The number of rotatable bonds is 5. The Kier molecular flexibility index (Phi) is 4.37. The maximum absolute atomic E-state index is 9.93. The van der Waals surface area contributed by atoms with Gasteiger partial charge in [0.15, 0.2) is 0 Å². The van der Waals surface area contributed by atoms with E-state index in [1.165, 1.54) is 25.7 Å². The molecular weight excluding hydrogens is 252 g/mol. The molecular formula is C16H30N2O2. The number of ether oxygens (including phenoxy) is 1. The maximum atomic E-state index is 9.93. The Morgan fingerprint density at radius 3 is 2.70 bits per heavy atom. The third-order valence-corrected chi connectivity index (χ3v) is 5.64. The molecule has 2 aliphatic carbocycles. The maximum Gasteiger partial charge on any atom is 0.0703 e. The van der Waals surface area contributed by atoms with E-state index in [-0.39, 0.29) is 12.1 Å². The van der Waals surface area contributed by atoms with Crippen LogP contribution in [0.25, 0.3) is 0 Å². The van der Waals surface area contributed by atoms with Crippen molar-refractivity contribution in [1.82, 2.24) is 10.2 Å². The Labute approximate surface area is 122 Å². The lowest BCUT2D eigenvalue weighted by Gasteiger charge is -2.45. The van der Waals surface area contributed by atoms with Crippen molar-refractivity contribution in [2.45, 2.75) is 81.6 Å². The molecule has 0 radical (unpaired) electrons. The van der Waals surface area contributed by atoms with Gasteiger partial charge < -0.3 is 15.2 Å². The number of hydrogen-bond acceptors (Lipinski definition) is 4. The zero-order valence-electron chi connectivity index (χ0n) is 13.0. The van der Waals surface area contributed by atoms with Crippen molar-refractivity contribution < 1.29 is 9.84 Å². The molecule has 0 aromatic rings. The van der Waals surface area contributed by atoms with E-state index >= 15 is 0 Å². The summed E-state index contributed by atoms with van der Waals surface area (Å²) < 4.78 is 5.72. The van der Waals surface area contributed by atoms with Crippen molar-refractivity contribution in [3.63, 3.8) is 0 Å². The summed E-state index contributed by atoms with van der Waals surface area (Å²) in [4.78, 5) is 2.54. The number of nitrogens with one attached hydrogen (secondary N) is 1. The van der Waals surface area contributed by atoms with Crippen LogP contribution in [0.3, 0.4) is 0 Å². The Morgan fingerprint density at radius 2 is 2.10 bits per heavy atom. The predicted molar refractivity (Wildman–Crippen MR) is 79.8 cm³/mol. The zero-order chi connectivity index (χ0) is 14.2. The normalized spacial score (nSPS) is 42.3. The number of aliphatic hydroxyl groups is 1. The summed E-state index contributed by atoms with van der Waals surface area (Å²) in [6.07, 6.45) is 8.76. The van der Waals surface area contributed by atoms with Crippen LogP contribution in [0.1, 0.15) is 51.9 Å². The number of hydrogen-bond donors (Lipinski definition) is 2. The summed E-state index contributed by atoms with van der Waals surface area (Å²) in [6, 6.07) is 1.80. The molecule has 0 amide bonds. The summed E-state index contributed by atoms with van der Waals surface area (Å²) in [6.45, 7) is 3.37. The number of likely N-dealkylation sites (N-methyl/N-ethyl adjacent to an activating group) is 1. The van der Waals surface area contributed by atoms with E-state index in [9.17, 15) is 5.11 Å². The van der Waals surface area contributed by atoms with Gasteiger partial charge in [-0.2, -0.15) is 0 Å². The van der Waals surface area contributed by atoms with Crippen molar-refractivity contribution in [2.24, 2.45) is 0 Å². The van der Waals surface area contributed by atoms with Crippen molar-refractivity contribution in [2.75, 3.05) is 20.3 Å². The highest BCUT2D eigenvalue weighted by atomic mass is 16.5. The molecule has 1 aliphatic heterocycles. The van der Waals surface area contributed by atoms with Crippen LogP contribution in [0.5, 0.6) is 0 Å². The van der Waals surface area contributed by atoms with Crippen LogP contribution in [0.2, 0.25) is 0 Å². The first kappa shape index (κ1) is 14.8. The lowest BCUT2D eigenvalue weighted by molar-refractivity contribution is 0.0268. The smallest absolute Gasteiger partial charge is 0.0703 e. The molecule has 2 N–H and O–H groups in total. The molecule has 3 fully saturated rings. The molecule has 1 heterocycles. The van der Waals surface area contributed by atoms with E-state index in [4.69, 9.17) is 4.74 Å². The minimum atomic E-state index is -0.0267. The Hall–Kier alpha value is -0.160. The van der Waals surface area contributed by atoms with Crippen LogP contribution in [-0.2, 0) is 4.74 Å². The van der Waals surface area contributed by atoms with Gasteiger partial charge in [-0.25, -0.2) is 0 Å². The van der Waals surface area contributed by atoms with Crippen LogP contribution in [0.15, 0.2) is 0 Å². The summed E-state index contributed by atoms with van der Waals surface area (Å²) in [5.41, 5.74) is -0.0267. The largest absolute Gasteiger partial charge is 0.394 e. The summed E-state index contributed by atoms with van der Waals surface area (Å²) in [5, 5.41) is 13.7. The Bertz CT molecular complexity index is 334. The van der Waals surface area contributed by atoms with Gasteiger partial charge >= 0.3 is 0 Å². The third kappa shape index (κ3) is 3.03. The molecule has 0 aromatic carbocycles. The van der Waals surface area contributed by atoms with Gasteiger partial charge in [-0.3, -0.25) is 4.90 Å². The second kappa shape index (κ2) is 5.91. The molecule has 1 saturated heterocycles. The molecule has 3 aliphatic rings. The van der Waals surface area contributed by atoms with E-state index in [1.807, 2.05) is 0 Å². The summed E-state index contributed by atoms with van der Waals surface area (Å²) in [7, 11) is 2.26. The molecule has 0 aromatic heterocycles. The fourth-order valence-electron chi connectivity index (χ4n) is 4.19. The average molecular weight is 282 g/mol. The molecule has 3 rings (SSSR count). The standard InChI is InChI=1S/C16H30N2O2/c1-12-15(7-9-20-12)18(2)14-4-3-8-16(10-14,11-19)17-13-5-6-13/h12-15,17,19H,3-11H2,1-2H3. The van der Waals surface area contributed by atoms with Crippen LogP contribution < -0.4 is 5.32 Å². The van der Waals surface area contributed by atoms with Crippen LogP contribution in [0.4, 0.5) is 0 Å². The highest BCUT2D eigenvalue weighted by Crippen LogP contribution is 2.35. The van der Waals surface area contributed by atoms with Crippen LogP contribution >= 0.6 is 0 Å². The van der Waals surface area contributed by atoms with Gasteiger partial charge in [0.2, 0.25) is 0 Å². The number of aliphatic hydroxyl groups excluding tert-OH is 1. The van der Waals surface area contributed by atoms with Gasteiger partial charge in [0.05, 0.1) is 12.7 Å². The molecule has 4 heteroatoms. The summed E-state index contributed by atoms with van der Waals surface area (Å²) >= 11 is 0. The fourth-order valence-corrected chi connectivity index (χ4v) is 4.19. The second-order valence-electron chi connectivity index (χ2n) is 7.20. The minimum absolute atomic E-state index is 0.0267. The van der Waals surface area contributed by atoms with Gasteiger partial charge in [0, 0.05) is 30.3 Å². The van der Waals surface area contributed by atoms with E-state index in [0.717, 1.165) is 25.9 Å². The molecule has 116 valence electrons. The van der Waals surface area contributed by atoms with Gasteiger partial charge in [-0.05, 0) is 58.9 Å². The Balaban J connectivity index is 1.63. The number of nitrogens with zero attached hydrogens (tertiary/aromatic N) is 1. The zero-order valence-corrected chi connectivity index (χ0v) is 13.0. The van der Waals surface area contributed by atoms with Gasteiger partial charge in [0.25, 0.3) is 0 Å². The lowest BCUT2D eigenvalue weighted by atomic mass is 9.78. The second-order valence-corrected chi connectivity index (χ2v) is 7.20. The quantitative estimate of drug-likeness (QED) is 0.802. The van der Waals surface area contributed by atoms with E-state index in [1.54, 1.807) is 0 Å². The van der Waals surface area contributed by atoms with Gasteiger partial charge in [0.1, 0.15) is 0 Å². The molecule has 0 bridgehead atoms. The van der Waals surface area contributed by atoms with Crippen LogP contribution in [-0.4, -0.2) is 60.0 Å². The minimum Gasteiger partial charge on any atom is -0.394 e. The van der Waals surface area contributed by atoms with Crippen molar-refractivity contribution in [1.29, 1.82) is 0 Å². The fraction of sp³-hybridized carbons (Fsp3) is 1.00. The van der Waals surface area contributed by atoms with Gasteiger partial charge in [-0.15, -0.1) is 0 Å². The van der Waals surface area contributed by atoms with E-state index < -0.39 is 0 Å². The first-order valence-electron chi connectivity index (χ1n) is 8.36. The monoisotopic (exact) mass is 282 g/mol. The van der Waals surface area contributed by atoms with Crippen molar-refractivity contribution in [3.8, 4) is 0 Å². The molecule has 20 heavy (non-hydrogen) atoms. The molecule has 4 nitrogen and oxygen atoms in total. The highest BCUT2D eigenvalue weighted by molar-refractivity contribution is 5.01. The molecule has 2 saturated carbocycles. The van der Waals surface area contributed by atoms with E-state index in [0.29, 0.717) is 24.2 Å². The highest BCUT2D eigenvalue weighted by Gasteiger charge is 2.42. The van der Waals surface area contributed by atoms with Crippen molar-refractivity contribution in [3.05, 3.63) is 0 Å². The third-order valence-electron chi connectivity index (χ3n) is 5.64. The molecule has 4 unspecified atom stereocenters. The molecule has 4 atom stereocenters. The molecule has 0 spiro atoms. The summed E-state index contributed by atoms with van der Waals surface area (Å²) in [5.74, 6) is 0. The first-order chi connectivity index (χ1) is 9.63. The Morgan fingerprint density at radius 1 is 1.30 bits per heavy atom. The van der Waals surface area contributed by atoms with Gasteiger partial charge in [-0.1, -0.05) is 0 Å². The topological polar surface area (TPSA) is 44.7 Å². The van der Waals surface area contributed by atoms with Crippen LogP contribution in [0, 0.1) is 0 Å². The SMILES string of the molecule is CC1OCCC1N(C)C1CCCC(CO)(NC2CC2)C1. The predicted octanol–water partition coefficient (Wildman–Crippen LogP) is 1.52.